The Morgan fingerprint density at radius 2 is 2.00 bits per heavy atom. The average Bonchev–Trinajstić information content (AvgIpc) is 2.80. The summed E-state index contributed by atoms with van der Waals surface area (Å²) in [5.41, 5.74) is 8.72. The third-order valence-corrected chi connectivity index (χ3v) is 4.45. The minimum atomic E-state index is 0.219. The Balaban J connectivity index is 1.67. The second-order valence-electron chi connectivity index (χ2n) is 5.77. The summed E-state index contributed by atoms with van der Waals surface area (Å²) in [6.07, 6.45) is 7.30. The van der Waals surface area contributed by atoms with Crippen LogP contribution in [0, 0.1) is 0 Å². The molecule has 0 radical (unpaired) electrons. The van der Waals surface area contributed by atoms with Crippen molar-refractivity contribution in [3.05, 3.63) is 29.3 Å². The normalized spacial score (nSPS) is 30.1. The second kappa shape index (κ2) is 5.51. The van der Waals surface area contributed by atoms with E-state index < -0.39 is 0 Å². The number of benzene rings is 1. The van der Waals surface area contributed by atoms with Gasteiger partial charge in [0.2, 0.25) is 0 Å². The maximum atomic E-state index is 6.13. The molecule has 2 aliphatic rings. The first kappa shape index (κ1) is 12.9. The van der Waals surface area contributed by atoms with Gasteiger partial charge in [0, 0.05) is 19.6 Å². The second-order valence-corrected chi connectivity index (χ2v) is 5.77. The first-order chi connectivity index (χ1) is 9.26. The lowest BCUT2D eigenvalue weighted by Gasteiger charge is -2.28. The Morgan fingerprint density at radius 1 is 1.16 bits per heavy atom. The third-order valence-electron chi connectivity index (χ3n) is 4.45. The van der Waals surface area contributed by atoms with E-state index in [4.69, 9.17) is 15.2 Å². The molecule has 0 bridgehead atoms. The summed E-state index contributed by atoms with van der Waals surface area (Å²) < 4.78 is 11.6. The topological polar surface area (TPSA) is 44.5 Å². The summed E-state index contributed by atoms with van der Waals surface area (Å²) >= 11 is 0. The van der Waals surface area contributed by atoms with Gasteiger partial charge in [-0.3, -0.25) is 0 Å². The standard InChI is InChI=1S/C16H23NO2/c1-18-12-3-2-4-13(10-12)19-14-6-7-15-11(9-14)5-8-16(15)17/h6-7,9,12-13,16H,2-5,8,10,17H2,1H3. The first-order valence-electron chi connectivity index (χ1n) is 7.34. The molecule has 3 nitrogen and oxygen atoms in total. The van der Waals surface area contributed by atoms with Gasteiger partial charge in [-0.15, -0.1) is 0 Å². The van der Waals surface area contributed by atoms with Gasteiger partial charge in [-0.05, 0) is 55.4 Å². The van der Waals surface area contributed by atoms with Crippen LogP contribution >= 0.6 is 0 Å². The van der Waals surface area contributed by atoms with E-state index in [1.165, 1.54) is 17.5 Å². The molecule has 0 aromatic heterocycles. The molecule has 2 aliphatic carbocycles. The summed E-state index contributed by atoms with van der Waals surface area (Å²) in [6.45, 7) is 0. The Kier molecular flexibility index (Phi) is 3.76. The van der Waals surface area contributed by atoms with Crippen molar-refractivity contribution in [2.45, 2.75) is 56.8 Å². The number of methoxy groups -OCH3 is 1. The Hall–Kier alpha value is -1.06. The molecule has 3 rings (SSSR count). The molecular formula is C16H23NO2. The highest BCUT2D eigenvalue weighted by molar-refractivity contribution is 5.40. The zero-order chi connectivity index (χ0) is 13.2. The highest BCUT2D eigenvalue weighted by Gasteiger charge is 2.24. The lowest BCUT2D eigenvalue weighted by Crippen LogP contribution is -2.29. The largest absolute Gasteiger partial charge is 0.490 e. The molecule has 1 saturated carbocycles. The average molecular weight is 261 g/mol. The van der Waals surface area contributed by atoms with Crippen LogP contribution in [0.1, 0.15) is 49.3 Å². The fourth-order valence-electron chi connectivity index (χ4n) is 3.32. The lowest BCUT2D eigenvalue weighted by molar-refractivity contribution is 0.0209. The summed E-state index contributed by atoms with van der Waals surface area (Å²) in [6, 6.07) is 6.61. The van der Waals surface area contributed by atoms with E-state index in [-0.39, 0.29) is 6.04 Å². The number of hydrogen-bond donors (Lipinski definition) is 1. The lowest BCUT2D eigenvalue weighted by atomic mass is 9.95. The quantitative estimate of drug-likeness (QED) is 0.909. The molecule has 0 amide bonds. The summed E-state index contributed by atoms with van der Waals surface area (Å²) in [4.78, 5) is 0. The molecule has 3 atom stereocenters. The molecule has 19 heavy (non-hydrogen) atoms. The van der Waals surface area contributed by atoms with Gasteiger partial charge in [0.05, 0.1) is 6.10 Å². The van der Waals surface area contributed by atoms with Crippen LogP contribution in [0.2, 0.25) is 0 Å². The van der Waals surface area contributed by atoms with Crippen molar-refractivity contribution < 1.29 is 9.47 Å². The zero-order valence-electron chi connectivity index (χ0n) is 11.6. The maximum Gasteiger partial charge on any atom is 0.120 e. The van der Waals surface area contributed by atoms with Crippen molar-refractivity contribution >= 4 is 0 Å². The van der Waals surface area contributed by atoms with Crippen LogP contribution in [0.3, 0.4) is 0 Å². The van der Waals surface area contributed by atoms with E-state index in [2.05, 4.69) is 18.2 Å². The molecule has 0 spiro atoms. The van der Waals surface area contributed by atoms with Gasteiger partial charge < -0.3 is 15.2 Å². The number of hydrogen-bond acceptors (Lipinski definition) is 3. The van der Waals surface area contributed by atoms with E-state index in [9.17, 15) is 0 Å². The molecule has 3 unspecified atom stereocenters. The molecule has 3 heteroatoms. The molecule has 1 fully saturated rings. The van der Waals surface area contributed by atoms with Crippen LogP contribution in [-0.4, -0.2) is 19.3 Å². The van der Waals surface area contributed by atoms with Crippen molar-refractivity contribution in [1.82, 2.24) is 0 Å². The number of rotatable bonds is 3. The SMILES string of the molecule is COC1CCCC(Oc2ccc3c(c2)CCC3N)C1. The van der Waals surface area contributed by atoms with Gasteiger partial charge in [-0.25, -0.2) is 0 Å². The fourth-order valence-corrected chi connectivity index (χ4v) is 3.32. The van der Waals surface area contributed by atoms with Crippen molar-refractivity contribution in [3.63, 3.8) is 0 Å². The van der Waals surface area contributed by atoms with Crippen LogP contribution in [0.5, 0.6) is 5.75 Å². The van der Waals surface area contributed by atoms with Crippen LogP contribution in [0.15, 0.2) is 18.2 Å². The number of aryl methyl sites for hydroxylation is 1. The molecule has 2 N–H and O–H groups in total. The van der Waals surface area contributed by atoms with E-state index in [1.54, 1.807) is 7.11 Å². The molecule has 1 aromatic rings. The molecule has 0 saturated heterocycles. The zero-order valence-corrected chi connectivity index (χ0v) is 11.6. The van der Waals surface area contributed by atoms with Crippen LogP contribution in [0.4, 0.5) is 0 Å². The minimum Gasteiger partial charge on any atom is -0.490 e. The van der Waals surface area contributed by atoms with Crippen LogP contribution < -0.4 is 10.5 Å². The molecule has 0 aliphatic heterocycles. The smallest absolute Gasteiger partial charge is 0.120 e. The van der Waals surface area contributed by atoms with Gasteiger partial charge in [0.15, 0.2) is 0 Å². The fraction of sp³-hybridized carbons (Fsp3) is 0.625. The summed E-state index contributed by atoms with van der Waals surface area (Å²) in [5.74, 6) is 0.995. The highest BCUT2D eigenvalue weighted by Crippen LogP contribution is 2.33. The van der Waals surface area contributed by atoms with Gasteiger partial charge in [0.25, 0.3) is 0 Å². The summed E-state index contributed by atoms with van der Waals surface area (Å²) in [5, 5.41) is 0. The van der Waals surface area contributed by atoms with Gasteiger partial charge >= 0.3 is 0 Å². The van der Waals surface area contributed by atoms with Gasteiger partial charge in [0.1, 0.15) is 11.9 Å². The van der Waals surface area contributed by atoms with Crippen molar-refractivity contribution in [1.29, 1.82) is 0 Å². The predicted octanol–water partition coefficient (Wildman–Crippen LogP) is 2.97. The van der Waals surface area contributed by atoms with Gasteiger partial charge in [-0.1, -0.05) is 6.07 Å². The minimum absolute atomic E-state index is 0.219. The Morgan fingerprint density at radius 3 is 2.84 bits per heavy atom. The number of nitrogens with two attached hydrogens (primary N) is 1. The van der Waals surface area contributed by atoms with Crippen LogP contribution in [-0.2, 0) is 11.2 Å². The van der Waals surface area contributed by atoms with Crippen molar-refractivity contribution in [2.75, 3.05) is 7.11 Å². The molecule has 0 heterocycles. The van der Waals surface area contributed by atoms with Gasteiger partial charge in [-0.2, -0.15) is 0 Å². The van der Waals surface area contributed by atoms with E-state index >= 15 is 0 Å². The number of fused-ring (bicyclic) bond motifs is 1. The van der Waals surface area contributed by atoms with E-state index in [1.807, 2.05) is 0 Å². The van der Waals surface area contributed by atoms with Crippen molar-refractivity contribution in [2.24, 2.45) is 5.73 Å². The highest BCUT2D eigenvalue weighted by atomic mass is 16.5. The van der Waals surface area contributed by atoms with Crippen molar-refractivity contribution in [3.8, 4) is 5.75 Å². The summed E-state index contributed by atoms with van der Waals surface area (Å²) in [7, 11) is 1.80. The van der Waals surface area contributed by atoms with E-state index in [0.717, 1.165) is 37.9 Å². The maximum absolute atomic E-state index is 6.13. The monoisotopic (exact) mass is 261 g/mol. The Bertz CT molecular complexity index is 446. The third kappa shape index (κ3) is 2.77. The first-order valence-corrected chi connectivity index (χ1v) is 7.34. The number of ether oxygens (including phenoxy) is 2. The molecule has 104 valence electrons. The predicted molar refractivity (Wildman–Crippen MR) is 75.4 cm³/mol. The Labute approximate surface area is 115 Å². The molecule has 1 aromatic carbocycles. The van der Waals surface area contributed by atoms with Crippen LogP contribution in [0.25, 0.3) is 0 Å². The van der Waals surface area contributed by atoms with E-state index in [0.29, 0.717) is 12.2 Å². The molecular weight excluding hydrogens is 238 g/mol.